The van der Waals surface area contributed by atoms with Crippen LogP contribution in [0.4, 0.5) is 0 Å². The van der Waals surface area contributed by atoms with E-state index in [2.05, 4.69) is 36.1 Å². The van der Waals surface area contributed by atoms with Crippen molar-refractivity contribution in [1.82, 2.24) is 4.90 Å². The van der Waals surface area contributed by atoms with Gasteiger partial charge in [0.05, 0.1) is 5.41 Å². The first-order chi connectivity index (χ1) is 9.45. The molecule has 1 aliphatic heterocycles. The third-order valence-electron chi connectivity index (χ3n) is 4.86. The van der Waals surface area contributed by atoms with Crippen LogP contribution in [0.15, 0.2) is 30.3 Å². The number of carboxylic acids is 1. The van der Waals surface area contributed by atoms with Crippen molar-refractivity contribution in [3.63, 3.8) is 0 Å². The third-order valence-corrected chi connectivity index (χ3v) is 4.86. The van der Waals surface area contributed by atoms with Crippen LogP contribution in [0.3, 0.4) is 0 Å². The summed E-state index contributed by atoms with van der Waals surface area (Å²) in [6.45, 7) is 7.82. The average Bonchev–Trinajstić information content (AvgIpc) is 2.86. The lowest BCUT2D eigenvalue weighted by Gasteiger charge is -2.31. The molecule has 1 aromatic rings. The van der Waals surface area contributed by atoms with Crippen LogP contribution in [0.2, 0.25) is 0 Å². The monoisotopic (exact) mass is 275 g/mol. The first kappa shape index (κ1) is 15.0. The highest BCUT2D eigenvalue weighted by Gasteiger charge is 2.47. The molecule has 0 aromatic heterocycles. The van der Waals surface area contributed by atoms with Gasteiger partial charge in [0, 0.05) is 12.6 Å². The second-order valence-electron chi connectivity index (χ2n) is 6.38. The van der Waals surface area contributed by atoms with Gasteiger partial charge in [0.15, 0.2) is 0 Å². The Morgan fingerprint density at radius 1 is 1.30 bits per heavy atom. The number of nitrogens with zero attached hydrogens (tertiary/aromatic N) is 1. The van der Waals surface area contributed by atoms with Crippen LogP contribution in [-0.2, 0) is 11.2 Å². The van der Waals surface area contributed by atoms with Crippen molar-refractivity contribution in [2.24, 2.45) is 11.3 Å². The zero-order valence-corrected chi connectivity index (χ0v) is 12.7. The number of likely N-dealkylation sites (tertiary alicyclic amines) is 1. The van der Waals surface area contributed by atoms with Crippen molar-refractivity contribution in [3.8, 4) is 0 Å². The summed E-state index contributed by atoms with van der Waals surface area (Å²) in [7, 11) is 0. The maximum Gasteiger partial charge on any atom is 0.311 e. The standard InChI is InChI=1S/C17H25NO2/c1-13(2)17(16(19)20)9-10-18(12-17)14(3)11-15-7-5-4-6-8-15/h4-8,13-14H,9-12H2,1-3H3,(H,19,20). The van der Waals surface area contributed by atoms with Crippen LogP contribution in [0.25, 0.3) is 0 Å². The molecule has 1 aliphatic rings. The summed E-state index contributed by atoms with van der Waals surface area (Å²) in [5, 5.41) is 9.60. The molecule has 0 amide bonds. The van der Waals surface area contributed by atoms with Gasteiger partial charge in [-0.05, 0) is 37.8 Å². The molecule has 0 bridgehead atoms. The molecule has 0 spiro atoms. The molecule has 1 N–H and O–H groups in total. The highest BCUT2D eigenvalue weighted by Crippen LogP contribution is 2.39. The lowest BCUT2D eigenvalue weighted by Crippen LogP contribution is -2.41. The smallest absolute Gasteiger partial charge is 0.311 e. The van der Waals surface area contributed by atoms with E-state index >= 15 is 0 Å². The predicted octanol–water partition coefficient (Wildman–Crippen LogP) is 3.05. The van der Waals surface area contributed by atoms with Gasteiger partial charge in [0.25, 0.3) is 0 Å². The van der Waals surface area contributed by atoms with Crippen molar-refractivity contribution in [2.45, 2.75) is 39.7 Å². The van der Waals surface area contributed by atoms with Gasteiger partial charge in [0.1, 0.15) is 0 Å². The normalized spacial score (nSPS) is 25.0. The first-order valence-electron chi connectivity index (χ1n) is 7.47. The van der Waals surface area contributed by atoms with Crippen LogP contribution >= 0.6 is 0 Å². The molecule has 0 saturated carbocycles. The summed E-state index contributed by atoms with van der Waals surface area (Å²) in [5.41, 5.74) is 0.752. The molecule has 2 rings (SSSR count). The first-order valence-corrected chi connectivity index (χ1v) is 7.47. The molecule has 0 aliphatic carbocycles. The Labute approximate surface area is 121 Å². The van der Waals surface area contributed by atoms with Gasteiger partial charge in [-0.3, -0.25) is 9.69 Å². The van der Waals surface area contributed by atoms with E-state index in [1.54, 1.807) is 0 Å². The molecule has 1 aromatic carbocycles. The molecule has 2 atom stereocenters. The fraction of sp³-hybridized carbons (Fsp3) is 0.588. The number of carbonyl (C=O) groups is 1. The number of carboxylic acid groups (broad SMARTS) is 1. The minimum Gasteiger partial charge on any atom is -0.481 e. The summed E-state index contributed by atoms with van der Waals surface area (Å²) < 4.78 is 0. The molecule has 110 valence electrons. The highest BCUT2D eigenvalue weighted by atomic mass is 16.4. The zero-order chi connectivity index (χ0) is 14.8. The Morgan fingerprint density at radius 3 is 2.45 bits per heavy atom. The van der Waals surface area contributed by atoms with Gasteiger partial charge in [-0.15, -0.1) is 0 Å². The van der Waals surface area contributed by atoms with E-state index in [1.165, 1.54) is 5.56 Å². The Hall–Kier alpha value is -1.35. The van der Waals surface area contributed by atoms with Crippen LogP contribution in [-0.4, -0.2) is 35.1 Å². The largest absolute Gasteiger partial charge is 0.481 e. The van der Waals surface area contributed by atoms with E-state index in [4.69, 9.17) is 0 Å². The molecule has 3 heteroatoms. The topological polar surface area (TPSA) is 40.5 Å². The second-order valence-corrected chi connectivity index (χ2v) is 6.38. The molecule has 1 heterocycles. The molecule has 3 nitrogen and oxygen atoms in total. The molecule has 2 unspecified atom stereocenters. The van der Waals surface area contributed by atoms with Gasteiger partial charge in [-0.2, -0.15) is 0 Å². The number of aliphatic carboxylic acids is 1. The Morgan fingerprint density at radius 2 is 1.95 bits per heavy atom. The summed E-state index contributed by atoms with van der Waals surface area (Å²) >= 11 is 0. The Balaban J connectivity index is 2.03. The van der Waals surface area contributed by atoms with Gasteiger partial charge in [-0.25, -0.2) is 0 Å². The molecule has 20 heavy (non-hydrogen) atoms. The maximum atomic E-state index is 11.7. The van der Waals surface area contributed by atoms with Gasteiger partial charge in [-0.1, -0.05) is 44.2 Å². The minimum atomic E-state index is -0.637. The Kier molecular flexibility index (Phi) is 4.48. The third kappa shape index (κ3) is 2.88. The van der Waals surface area contributed by atoms with Crippen molar-refractivity contribution in [3.05, 3.63) is 35.9 Å². The highest BCUT2D eigenvalue weighted by molar-refractivity contribution is 5.75. The predicted molar refractivity (Wildman–Crippen MR) is 80.7 cm³/mol. The fourth-order valence-electron chi connectivity index (χ4n) is 3.22. The molecule has 0 radical (unpaired) electrons. The van der Waals surface area contributed by atoms with E-state index in [-0.39, 0.29) is 5.92 Å². The fourth-order valence-corrected chi connectivity index (χ4v) is 3.22. The van der Waals surface area contributed by atoms with Crippen LogP contribution < -0.4 is 0 Å². The maximum absolute atomic E-state index is 11.7. The second kappa shape index (κ2) is 5.96. The van der Waals surface area contributed by atoms with Gasteiger partial charge < -0.3 is 5.11 Å². The molecule has 1 saturated heterocycles. The summed E-state index contributed by atoms with van der Waals surface area (Å²) in [6.07, 6.45) is 1.74. The van der Waals surface area contributed by atoms with E-state index in [1.807, 2.05) is 19.9 Å². The Bertz CT molecular complexity index is 457. The number of rotatable bonds is 5. The molecular weight excluding hydrogens is 250 g/mol. The van der Waals surface area contributed by atoms with Crippen molar-refractivity contribution < 1.29 is 9.90 Å². The van der Waals surface area contributed by atoms with Crippen molar-refractivity contribution in [1.29, 1.82) is 0 Å². The molecular formula is C17H25NO2. The van der Waals surface area contributed by atoms with Crippen molar-refractivity contribution >= 4 is 5.97 Å². The van der Waals surface area contributed by atoms with E-state index in [0.29, 0.717) is 12.6 Å². The van der Waals surface area contributed by atoms with E-state index < -0.39 is 11.4 Å². The summed E-state index contributed by atoms with van der Waals surface area (Å²) in [6, 6.07) is 10.8. The van der Waals surface area contributed by atoms with E-state index in [0.717, 1.165) is 19.4 Å². The zero-order valence-electron chi connectivity index (χ0n) is 12.7. The average molecular weight is 275 g/mol. The number of hydrogen-bond donors (Lipinski definition) is 1. The SMILES string of the molecule is CC(Cc1ccccc1)N1CCC(C(=O)O)(C(C)C)C1. The van der Waals surface area contributed by atoms with Crippen LogP contribution in [0.1, 0.15) is 32.8 Å². The minimum absolute atomic E-state index is 0.175. The van der Waals surface area contributed by atoms with E-state index in [9.17, 15) is 9.90 Å². The van der Waals surface area contributed by atoms with Crippen LogP contribution in [0, 0.1) is 11.3 Å². The number of hydrogen-bond acceptors (Lipinski definition) is 2. The molecule has 1 fully saturated rings. The summed E-state index contributed by atoms with van der Waals surface area (Å²) in [4.78, 5) is 14.0. The summed E-state index contributed by atoms with van der Waals surface area (Å²) in [5.74, 6) is -0.462. The van der Waals surface area contributed by atoms with Gasteiger partial charge in [0.2, 0.25) is 0 Å². The van der Waals surface area contributed by atoms with Crippen molar-refractivity contribution in [2.75, 3.05) is 13.1 Å². The number of benzene rings is 1. The quantitative estimate of drug-likeness (QED) is 0.898. The lowest BCUT2D eigenvalue weighted by molar-refractivity contribution is -0.151. The van der Waals surface area contributed by atoms with Gasteiger partial charge >= 0.3 is 5.97 Å². The lowest BCUT2D eigenvalue weighted by atomic mass is 9.76. The van der Waals surface area contributed by atoms with Crippen LogP contribution in [0.5, 0.6) is 0 Å².